The first kappa shape index (κ1) is 23.3. The van der Waals surface area contributed by atoms with E-state index in [1.165, 1.54) is 12.8 Å². The summed E-state index contributed by atoms with van der Waals surface area (Å²) in [5, 5.41) is 0. The summed E-state index contributed by atoms with van der Waals surface area (Å²) in [6.45, 7) is 3.09. The highest BCUT2D eigenvalue weighted by atomic mass is 16.5. The van der Waals surface area contributed by atoms with Crippen molar-refractivity contribution in [1.29, 1.82) is 0 Å². The van der Waals surface area contributed by atoms with Crippen molar-refractivity contribution in [2.45, 2.75) is 52.2 Å². The highest BCUT2D eigenvalue weighted by Gasteiger charge is 2.08. The molecule has 0 amide bonds. The van der Waals surface area contributed by atoms with E-state index < -0.39 is 0 Å². The molecule has 0 bridgehead atoms. The average Bonchev–Trinajstić information content (AvgIpc) is 2.84. The van der Waals surface area contributed by atoms with E-state index in [9.17, 15) is 4.79 Å². The summed E-state index contributed by atoms with van der Waals surface area (Å²) in [5.74, 6) is 1.52. The third-order valence-corrected chi connectivity index (χ3v) is 5.18. The lowest BCUT2D eigenvalue weighted by molar-refractivity contribution is -0.114. The van der Waals surface area contributed by atoms with Crippen LogP contribution in [0.15, 0.2) is 84.9 Å². The van der Waals surface area contributed by atoms with Crippen LogP contribution in [0.1, 0.15) is 55.7 Å². The molecule has 0 radical (unpaired) electrons. The smallest absolute Gasteiger partial charge is 0.162 e. The van der Waals surface area contributed by atoms with Gasteiger partial charge in [0.05, 0.1) is 0 Å². The minimum atomic E-state index is 0.164. The van der Waals surface area contributed by atoms with Crippen molar-refractivity contribution < 1.29 is 14.3 Å². The van der Waals surface area contributed by atoms with Gasteiger partial charge < -0.3 is 9.47 Å². The minimum absolute atomic E-state index is 0.164. The van der Waals surface area contributed by atoms with Crippen molar-refractivity contribution in [2.75, 3.05) is 0 Å². The van der Waals surface area contributed by atoms with Gasteiger partial charge in [-0.1, -0.05) is 99.0 Å². The number of carbonyl (C=O) groups excluding carboxylic acids is 1. The zero-order valence-electron chi connectivity index (χ0n) is 18.8. The van der Waals surface area contributed by atoms with E-state index in [2.05, 4.69) is 6.92 Å². The molecule has 32 heavy (non-hydrogen) atoms. The molecule has 0 aliphatic rings. The topological polar surface area (TPSA) is 35.5 Å². The van der Waals surface area contributed by atoms with Crippen LogP contribution in [0.2, 0.25) is 0 Å². The monoisotopic (exact) mass is 428 g/mol. The van der Waals surface area contributed by atoms with Crippen molar-refractivity contribution in [3.63, 3.8) is 0 Å². The molecule has 3 heteroatoms. The molecule has 0 atom stereocenters. The molecule has 3 nitrogen and oxygen atoms in total. The fourth-order valence-corrected chi connectivity index (χ4v) is 3.33. The molecule has 0 aliphatic heterocycles. The van der Waals surface area contributed by atoms with Crippen LogP contribution in [0.25, 0.3) is 6.08 Å². The van der Waals surface area contributed by atoms with Gasteiger partial charge in [0.1, 0.15) is 13.2 Å². The number of ketones is 1. The van der Waals surface area contributed by atoms with E-state index in [-0.39, 0.29) is 5.78 Å². The van der Waals surface area contributed by atoms with Gasteiger partial charge in [0.25, 0.3) is 0 Å². The average molecular weight is 429 g/mol. The van der Waals surface area contributed by atoms with Gasteiger partial charge in [-0.05, 0) is 41.3 Å². The highest BCUT2D eigenvalue weighted by Crippen LogP contribution is 2.30. The maximum absolute atomic E-state index is 12.2. The Labute approximate surface area is 191 Å². The van der Waals surface area contributed by atoms with E-state index in [1.807, 2.05) is 84.9 Å². The van der Waals surface area contributed by atoms with Crippen molar-refractivity contribution in [3.8, 4) is 11.5 Å². The number of hydrogen-bond donors (Lipinski definition) is 0. The molecule has 0 N–H and O–H groups in total. The number of ether oxygens (including phenoxy) is 2. The molecule has 3 aromatic rings. The molecule has 0 aliphatic carbocycles. The van der Waals surface area contributed by atoms with Crippen molar-refractivity contribution >= 4 is 11.9 Å². The van der Waals surface area contributed by atoms with Crippen LogP contribution >= 0.6 is 0 Å². The summed E-state index contributed by atoms with van der Waals surface area (Å²) in [7, 11) is 0. The van der Waals surface area contributed by atoms with Gasteiger partial charge in [0, 0.05) is 6.42 Å². The Balaban J connectivity index is 1.68. The Morgan fingerprint density at radius 1 is 0.750 bits per heavy atom. The van der Waals surface area contributed by atoms with Gasteiger partial charge in [-0.15, -0.1) is 0 Å². The van der Waals surface area contributed by atoms with E-state index in [0.29, 0.717) is 31.1 Å². The minimum Gasteiger partial charge on any atom is -0.485 e. The molecule has 0 aromatic heterocycles. The van der Waals surface area contributed by atoms with Crippen LogP contribution < -0.4 is 9.47 Å². The fourth-order valence-electron chi connectivity index (χ4n) is 3.33. The predicted molar refractivity (Wildman–Crippen MR) is 131 cm³/mol. The van der Waals surface area contributed by atoms with Crippen LogP contribution in [0.4, 0.5) is 0 Å². The molecule has 0 saturated heterocycles. The molecule has 3 aromatic carbocycles. The van der Waals surface area contributed by atoms with Crippen molar-refractivity contribution in [2.24, 2.45) is 0 Å². The second-order valence-electron chi connectivity index (χ2n) is 7.87. The third-order valence-electron chi connectivity index (χ3n) is 5.18. The van der Waals surface area contributed by atoms with Crippen molar-refractivity contribution in [1.82, 2.24) is 0 Å². The van der Waals surface area contributed by atoms with Gasteiger partial charge in [-0.3, -0.25) is 4.79 Å². The zero-order valence-corrected chi connectivity index (χ0v) is 18.8. The SMILES string of the molecule is CCCCCCC(=O)/C=C\c1ccc(OCc2ccccc2)c(OCc2ccccc2)c1. The Morgan fingerprint density at radius 2 is 1.38 bits per heavy atom. The second kappa shape index (κ2) is 13.2. The standard InChI is InChI=1S/C29H32O3/c1-2-3-4-11-16-27(30)19-17-24-18-20-28(31-22-25-12-7-5-8-13-25)29(21-24)32-23-26-14-9-6-10-15-26/h5-10,12-15,17-21H,2-4,11,16,22-23H2,1H3/b19-17-. The normalized spacial score (nSPS) is 10.9. The van der Waals surface area contributed by atoms with E-state index in [0.717, 1.165) is 29.5 Å². The molecule has 0 fully saturated rings. The molecule has 0 saturated carbocycles. The summed E-state index contributed by atoms with van der Waals surface area (Å²) in [6.07, 6.45) is 8.56. The number of unbranched alkanes of at least 4 members (excludes halogenated alkanes) is 3. The first-order valence-corrected chi connectivity index (χ1v) is 11.4. The molecule has 166 valence electrons. The maximum Gasteiger partial charge on any atom is 0.162 e. The molecular formula is C29H32O3. The Bertz CT molecular complexity index is 978. The quantitative estimate of drug-likeness (QED) is 0.210. The maximum atomic E-state index is 12.2. The Hall–Kier alpha value is -3.33. The van der Waals surface area contributed by atoms with Gasteiger partial charge in [-0.25, -0.2) is 0 Å². The first-order chi connectivity index (χ1) is 15.7. The lowest BCUT2D eigenvalue weighted by Crippen LogP contribution is -2.01. The summed E-state index contributed by atoms with van der Waals surface area (Å²) in [5.41, 5.74) is 3.10. The summed E-state index contributed by atoms with van der Waals surface area (Å²) in [4.78, 5) is 12.2. The van der Waals surface area contributed by atoms with E-state index in [4.69, 9.17) is 9.47 Å². The largest absolute Gasteiger partial charge is 0.485 e. The Morgan fingerprint density at radius 3 is 2.00 bits per heavy atom. The van der Waals surface area contributed by atoms with Crippen LogP contribution in [0.5, 0.6) is 11.5 Å². The number of allylic oxidation sites excluding steroid dienone is 1. The summed E-state index contributed by atoms with van der Waals surface area (Å²) >= 11 is 0. The van der Waals surface area contributed by atoms with Crippen molar-refractivity contribution in [3.05, 3.63) is 102 Å². The zero-order chi connectivity index (χ0) is 22.4. The molecular weight excluding hydrogens is 396 g/mol. The number of hydrogen-bond acceptors (Lipinski definition) is 3. The number of benzene rings is 3. The molecule has 0 unspecified atom stereocenters. The number of carbonyl (C=O) groups is 1. The van der Waals surface area contributed by atoms with E-state index >= 15 is 0 Å². The highest BCUT2D eigenvalue weighted by molar-refractivity contribution is 5.93. The fraction of sp³-hybridized carbons (Fsp3) is 0.276. The second-order valence-corrected chi connectivity index (χ2v) is 7.87. The molecule has 3 rings (SSSR count). The lowest BCUT2D eigenvalue weighted by Gasteiger charge is -2.14. The van der Waals surface area contributed by atoms with Gasteiger partial charge in [0.2, 0.25) is 0 Å². The predicted octanol–water partition coefficient (Wildman–Crippen LogP) is 7.40. The van der Waals surface area contributed by atoms with Crippen LogP contribution in [0, 0.1) is 0 Å². The molecule has 0 spiro atoms. The van der Waals surface area contributed by atoms with Crippen LogP contribution in [-0.4, -0.2) is 5.78 Å². The Kier molecular flexibility index (Phi) is 9.60. The van der Waals surface area contributed by atoms with Gasteiger partial charge >= 0.3 is 0 Å². The summed E-state index contributed by atoms with van der Waals surface area (Å²) in [6, 6.07) is 25.9. The molecule has 0 heterocycles. The van der Waals surface area contributed by atoms with Gasteiger partial charge in [0.15, 0.2) is 17.3 Å². The van der Waals surface area contributed by atoms with Gasteiger partial charge in [-0.2, -0.15) is 0 Å². The first-order valence-electron chi connectivity index (χ1n) is 11.4. The van der Waals surface area contributed by atoms with Crippen LogP contribution in [0.3, 0.4) is 0 Å². The summed E-state index contributed by atoms with van der Waals surface area (Å²) < 4.78 is 12.2. The third kappa shape index (κ3) is 8.07. The van der Waals surface area contributed by atoms with E-state index in [1.54, 1.807) is 6.08 Å². The van der Waals surface area contributed by atoms with Crippen LogP contribution in [-0.2, 0) is 18.0 Å². The lowest BCUT2D eigenvalue weighted by atomic mass is 10.1. The number of rotatable bonds is 13.